The summed E-state index contributed by atoms with van der Waals surface area (Å²) in [6, 6.07) is 0. The summed E-state index contributed by atoms with van der Waals surface area (Å²) in [5.74, 6) is 1.32. The molecule has 4 aliphatic rings. The Morgan fingerprint density at radius 2 is 2.09 bits per heavy atom. The van der Waals surface area contributed by atoms with Crippen molar-refractivity contribution >= 4 is 17.2 Å². The number of carbonyl (C=O) groups excluding carboxylic acids is 1. The zero-order chi connectivity index (χ0) is 14.9. The molecule has 0 radical (unpaired) electrons. The molecule has 0 aliphatic carbocycles. The zero-order valence-corrected chi connectivity index (χ0v) is 13.7. The first-order valence-corrected chi connectivity index (χ1v) is 9.28. The van der Waals surface area contributed by atoms with Gasteiger partial charge in [0.2, 0.25) is 5.91 Å². The van der Waals surface area contributed by atoms with Crippen LogP contribution in [0.25, 0.3) is 0 Å². The second-order valence-electron chi connectivity index (χ2n) is 6.76. The van der Waals surface area contributed by atoms with Crippen LogP contribution in [-0.4, -0.2) is 53.4 Å². The third kappa shape index (κ3) is 2.84. The topological polar surface area (TPSA) is 36.4 Å². The van der Waals surface area contributed by atoms with Gasteiger partial charge in [0.1, 0.15) is 0 Å². The Morgan fingerprint density at radius 3 is 2.77 bits per heavy atom. The first kappa shape index (κ1) is 14.4. The van der Waals surface area contributed by atoms with Crippen molar-refractivity contribution in [2.24, 2.45) is 5.92 Å². The van der Waals surface area contributed by atoms with Crippen LogP contribution in [0.15, 0.2) is 23.2 Å². The molecule has 5 heteroatoms. The van der Waals surface area contributed by atoms with E-state index in [1.54, 1.807) is 11.3 Å². The molecule has 1 unspecified atom stereocenters. The van der Waals surface area contributed by atoms with Crippen LogP contribution in [0, 0.1) is 5.92 Å². The normalized spacial score (nSPS) is 33.4. The van der Waals surface area contributed by atoms with Gasteiger partial charge < -0.3 is 4.90 Å². The molecule has 22 heavy (non-hydrogen) atoms. The number of likely N-dealkylation sites (tertiary alicyclic amines) is 1. The minimum atomic E-state index is 0.227. The fourth-order valence-corrected chi connectivity index (χ4v) is 4.85. The lowest BCUT2D eigenvalue weighted by Crippen LogP contribution is -2.44. The predicted octanol–water partition coefficient (Wildman–Crippen LogP) is 2.50. The van der Waals surface area contributed by atoms with Gasteiger partial charge in [-0.25, -0.2) is 4.98 Å². The lowest BCUT2D eigenvalue weighted by Gasteiger charge is -2.41. The summed E-state index contributed by atoms with van der Waals surface area (Å²) in [7, 11) is 0. The summed E-state index contributed by atoms with van der Waals surface area (Å²) < 4.78 is 0. The molecule has 0 N–H and O–H groups in total. The lowest BCUT2D eigenvalue weighted by molar-refractivity contribution is -0.127. The minimum Gasteiger partial charge on any atom is -0.338 e. The summed E-state index contributed by atoms with van der Waals surface area (Å²) in [5, 5.41) is 3.22. The number of carbonyl (C=O) groups is 1. The van der Waals surface area contributed by atoms with Crippen LogP contribution >= 0.6 is 11.3 Å². The quantitative estimate of drug-likeness (QED) is 0.786. The maximum atomic E-state index is 12.7. The van der Waals surface area contributed by atoms with E-state index in [9.17, 15) is 4.79 Å². The maximum Gasteiger partial charge on any atom is 0.246 e. The van der Waals surface area contributed by atoms with E-state index in [-0.39, 0.29) is 5.91 Å². The Hall–Kier alpha value is -1.20. The molecule has 4 fully saturated rings. The van der Waals surface area contributed by atoms with Crippen molar-refractivity contribution in [3.8, 4) is 0 Å². The van der Waals surface area contributed by atoms with Crippen LogP contribution in [0.5, 0.6) is 0 Å². The van der Waals surface area contributed by atoms with Crippen molar-refractivity contribution in [1.82, 2.24) is 14.8 Å². The fraction of sp³-hybridized carbons (Fsp3) is 0.647. The van der Waals surface area contributed by atoms with E-state index >= 15 is 0 Å². The number of nitrogens with zero attached hydrogens (tertiary/aromatic N) is 3. The largest absolute Gasteiger partial charge is 0.338 e. The molecule has 5 rings (SSSR count). The first-order chi connectivity index (χ1) is 10.8. The van der Waals surface area contributed by atoms with E-state index < -0.39 is 0 Å². The van der Waals surface area contributed by atoms with Gasteiger partial charge in [-0.05, 0) is 50.3 Å². The molecule has 4 saturated heterocycles. The van der Waals surface area contributed by atoms with Crippen LogP contribution in [0.2, 0.25) is 0 Å². The third-order valence-corrected chi connectivity index (χ3v) is 6.30. The Labute approximate surface area is 135 Å². The molecule has 1 amide bonds. The van der Waals surface area contributed by atoms with E-state index in [0.29, 0.717) is 11.8 Å². The average Bonchev–Trinajstić information content (AvgIpc) is 3.11. The summed E-state index contributed by atoms with van der Waals surface area (Å²) in [5.41, 5.74) is 1.37. The number of hydrogen-bond donors (Lipinski definition) is 0. The maximum absolute atomic E-state index is 12.7. The Bertz CT molecular complexity index is 560. The molecule has 0 saturated carbocycles. The standard InChI is InChI=1S/C17H23N3OS/c21-16(10-15-11-19-7-3-13(15)4-8-19)20-6-1-2-14(12-20)17-18-5-9-22-17/h5,9-10,13-14H,1-4,6-8,11-12H2. The Morgan fingerprint density at radius 1 is 1.23 bits per heavy atom. The SMILES string of the molecule is O=C(C=C1CN2CCC1CC2)N1CCCC(c2nccs2)C1. The molecule has 5 heterocycles. The minimum absolute atomic E-state index is 0.227. The van der Waals surface area contributed by atoms with Crippen LogP contribution in [-0.2, 0) is 4.79 Å². The van der Waals surface area contributed by atoms with Crippen molar-refractivity contribution in [2.45, 2.75) is 31.6 Å². The number of piperidine rings is 4. The van der Waals surface area contributed by atoms with Crippen molar-refractivity contribution in [2.75, 3.05) is 32.7 Å². The molecule has 0 spiro atoms. The summed E-state index contributed by atoms with van der Waals surface area (Å²) in [4.78, 5) is 21.6. The van der Waals surface area contributed by atoms with E-state index in [4.69, 9.17) is 0 Å². The second-order valence-corrected chi connectivity index (χ2v) is 7.69. The third-order valence-electron chi connectivity index (χ3n) is 5.36. The number of aromatic nitrogens is 1. The molecule has 2 bridgehead atoms. The molecule has 4 nitrogen and oxygen atoms in total. The van der Waals surface area contributed by atoms with Gasteiger partial charge in [0.15, 0.2) is 0 Å². The highest BCUT2D eigenvalue weighted by Gasteiger charge is 2.31. The summed E-state index contributed by atoms with van der Waals surface area (Å²) >= 11 is 1.72. The van der Waals surface area contributed by atoms with E-state index in [1.165, 1.54) is 36.5 Å². The zero-order valence-electron chi connectivity index (χ0n) is 12.9. The molecule has 118 valence electrons. The van der Waals surface area contributed by atoms with Crippen molar-refractivity contribution in [3.63, 3.8) is 0 Å². The van der Waals surface area contributed by atoms with Gasteiger partial charge in [-0.3, -0.25) is 9.69 Å². The number of fused-ring (bicyclic) bond motifs is 3. The first-order valence-electron chi connectivity index (χ1n) is 8.41. The average molecular weight is 317 g/mol. The lowest BCUT2D eigenvalue weighted by atomic mass is 9.83. The monoisotopic (exact) mass is 317 g/mol. The van der Waals surface area contributed by atoms with Gasteiger partial charge in [0, 0.05) is 43.2 Å². The van der Waals surface area contributed by atoms with Gasteiger partial charge in [0.25, 0.3) is 0 Å². The van der Waals surface area contributed by atoms with Crippen LogP contribution in [0.1, 0.15) is 36.6 Å². The van der Waals surface area contributed by atoms with Gasteiger partial charge in [-0.15, -0.1) is 11.3 Å². The predicted molar refractivity (Wildman–Crippen MR) is 87.9 cm³/mol. The van der Waals surface area contributed by atoms with Crippen LogP contribution < -0.4 is 0 Å². The molecular formula is C17H23N3OS. The molecule has 0 aromatic carbocycles. The molecule has 1 aromatic rings. The second kappa shape index (κ2) is 6.13. The van der Waals surface area contributed by atoms with E-state index in [0.717, 1.165) is 32.5 Å². The van der Waals surface area contributed by atoms with E-state index in [1.807, 2.05) is 22.6 Å². The van der Waals surface area contributed by atoms with Gasteiger partial charge in [-0.1, -0.05) is 0 Å². The fourth-order valence-electron chi connectivity index (χ4n) is 4.08. The number of hydrogen-bond acceptors (Lipinski definition) is 4. The molecule has 1 atom stereocenters. The number of rotatable bonds is 2. The highest BCUT2D eigenvalue weighted by atomic mass is 32.1. The van der Waals surface area contributed by atoms with Gasteiger partial charge in [-0.2, -0.15) is 0 Å². The highest BCUT2D eigenvalue weighted by molar-refractivity contribution is 7.09. The van der Waals surface area contributed by atoms with Crippen molar-refractivity contribution in [3.05, 3.63) is 28.2 Å². The van der Waals surface area contributed by atoms with Crippen LogP contribution in [0.3, 0.4) is 0 Å². The smallest absolute Gasteiger partial charge is 0.246 e. The summed E-state index contributed by atoms with van der Waals surface area (Å²) in [6.07, 6.45) is 8.55. The Kier molecular flexibility index (Phi) is 4.01. The Balaban J connectivity index is 1.44. The van der Waals surface area contributed by atoms with Gasteiger partial charge in [0.05, 0.1) is 5.01 Å². The van der Waals surface area contributed by atoms with Crippen LogP contribution in [0.4, 0.5) is 0 Å². The van der Waals surface area contributed by atoms with E-state index in [2.05, 4.69) is 9.88 Å². The van der Waals surface area contributed by atoms with Crippen molar-refractivity contribution in [1.29, 1.82) is 0 Å². The van der Waals surface area contributed by atoms with Gasteiger partial charge >= 0.3 is 0 Å². The molecule has 4 aliphatic heterocycles. The molecular weight excluding hydrogens is 294 g/mol. The highest BCUT2D eigenvalue weighted by Crippen LogP contribution is 2.32. The summed E-state index contributed by atoms with van der Waals surface area (Å²) in [6.45, 7) is 5.18. The number of amides is 1. The van der Waals surface area contributed by atoms with Crippen molar-refractivity contribution < 1.29 is 4.79 Å². The number of thiazole rings is 1. The molecule has 1 aromatic heterocycles.